The minimum atomic E-state index is 1.10. The van der Waals surface area contributed by atoms with E-state index in [-0.39, 0.29) is 0 Å². The zero-order valence-corrected chi connectivity index (χ0v) is 10.9. The predicted octanol–water partition coefficient (Wildman–Crippen LogP) is 4.99. The topological polar surface area (TPSA) is 0 Å². The van der Waals surface area contributed by atoms with Crippen molar-refractivity contribution < 1.29 is 0 Å². The Morgan fingerprint density at radius 3 is 2.81 bits per heavy atom. The van der Waals surface area contributed by atoms with Gasteiger partial charge in [0.2, 0.25) is 0 Å². The van der Waals surface area contributed by atoms with Crippen molar-refractivity contribution in [3.8, 4) is 0 Å². The molecule has 16 heavy (non-hydrogen) atoms. The molecule has 0 amide bonds. The molecule has 0 aromatic heterocycles. The van der Waals surface area contributed by atoms with Crippen molar-refractivity contribution in [2.24, 2.45) is 23.7 Å². The van der Waals surface area contributed by atoms with E-state index in [0.717, 1.165) is 17.8 Å². The molecule has 3 aliphatic carbocycles. The lowest BCUT2D eigenvalue weighted by atomic mass is 9.74. The summed E-state index contributed by atoms with van der Waals surface area (Å²) in [7, 11) is 0. The fraction of sp³-hybridized carbons (Fsp3) is 0.938. The van der Waals surface area contributed by atoms with Crippen LogP contribution in [0.25, 0.3) is 0 Å². The zero-order chi connectivity index (χ0) is 11.0. The first-order chi connectivity index (χ1) is 7.90. The molecule has 0 N–H and O–H groups in total. The molecule has 0 nitrogen and oxygen atoms in total. The fourth-order valence-electron chi connectivity index (χ4n) is 5.04. The lowest BCUT2D eigenvalue weighted by Crippen LogP contribution is -2.22. The average molecular weight is 219 g/mol. The Kier molecular flexibility index (Phi) is 3.27. The Labute approximate surface area is 101 Å². The highest BCUT2D eigenvalue weighted by Gasteiger charge is 2.53. The molecular weight excluding hydrogens is 192 g/mol. The molecule has 1 radical (unpaired) electrons. The summed E-state index contributed by atoms with van der Waals surface area (Å²) in [6.45, 7) is 2.31. The van der Waals surface area contributed by atoms with Gasteiger partial charge in [-0.05, 0) is 61.7 Å². The van der Waals surface area contributed by atoms with Crippen molar-refractivity contribution in [1.29, 1.82) is 0 Å². The first-order valence-corrected chi connectivity index (χ1v) is 7.74. The van der Waals surface area contributed by atoms with Crippen LogP contribution in [-0.4, -0.2) is 0 Å². The molecule has 91 valence electrons. The summed E-state index contributed by atoms with van der Waals surface area (Å²) in [4.78, 5) is 0. The van der Waals surface area contributed by atoms with Gasteiger partial charge in [-0.2, -0.15) is 0 Å². The van der Waals surface area contributed by atoms with E-state index in [1.54, 1.807) is 25.7 Å². The molecule has 3 aliphatic rings. The first kappa shape index (κ1) is 11.1. The quantitative estimate of drug-likeness (QED) is 0.572. The number of rotatable bonds is 5. The maximum Gasteiger partial charge on any atom is -0.0204 e. The Morgan fingerprint density at radius 2 is 1.94 bits per heavy atom. The molecule has 0 heterocycles. The standard InChI is InChI=1S/C16H27/c1-2-3-4-5-7-12-10-13-11-16(12)15-9-6-8-14(13)15/h13-16H,2-11H2,1H3. The lowest BCUT2D eigenvalue weighted by Gasteiger charge is -2.31. The second-order valence-electron chi connectivity index (χ2n) is 6.53. The van der Waals surface area contributed by atoms with Crippen LogP contribution >= 0.6 is 0 Å². The monoisotopic (exact) mass is 219 g/mol. The molecule has 2 bridgehead atoms. The van der Waals surface area contributed by atoms with Crippen LogP contribution in [0.2, 0.25) is 0 Å². The molecule has 3 rings (SSSR count). The second kappa shape index (κ2) is 4.70. The van der Waals surface area contributed by atoms with Gasteiger partial charge in [-0.3, -0.25) is 0 Å². The summed E-state index contributed by atoms with van der Waals surface area (Å²) in [5.74, 6) is 6.56. The van der Waals surface area contributed by atoms with E-state index in [4.69, 9.17) is 0 Å². The highest BCUT2D eigenvalue weighted by atomic mass is 14.6. The summed E-state index contributed by atoms with van der Waals surface area (Å²) in [6, 6.07) is 0. The summed E-state index contributed by atoms with van der Waals surface area (Å²) in [5.41, 5.74) is 0. The molecule has 0 aromatic carbocycles. The zero-order valence-electron chi connectivity index (χ0n) is 10.9. The minimum absolute atomic E-state index is 1.10. The van der Waals surface area contributed by atoms with Crippen LogP contribution in [0, 0.1) is 29.6 Å². The SMILES string of the molecule is CCCCCC[C]1CC2CC1C1CCCC21. The molecule has 0 spiro atoms. The largest absolute Gasteiger partial charge is 0.0654 e. The van der Waals surface area contributed by atoms with Gasteiger partial charge >= 0.3 is 0 Å². The minimum Gasteiger partial charge on any atom is -0.0654 e. The Bertz CT molecular complexity index is 232. The van der Waals surface area contributed by atoms with Crippen molar-refractivity contribution >= 4 is 0 Å². The van der Waals surface area contributed by atoms with Crippen LogP contribution in [0.1, 0.15) is 71.1 Å². The van der Waals surface area contributed by atoms with Gasteiger partial charge < -0.3 is 0 Å². The Hall–Kier alpha value is 0. The van der Waals surface area contributed by atoms with Crippen LogP contribution in [0.3, 0.4) is 0 Å². The molecule has 4 unspecified atom stereocenters. The smallest absolute Gasteiger partial charge is 0.0204 e. The van der Waals surface area contributed by atoms with Crippen molar-refractivity contribution in [3.63, 3.8) is 0 Å². The normalized spacial score (nSPS) is 41.8. The van der Waals surface area contributed by atoms with Gasteiger partial charge in [-0.25, -0.2) is 0 Å². The van der Waals surface area contributed by atoms with Crippen molar-refractivity contribution in [2.45, 2.75) is 71.1 Å². The van der Waals surface area contributed by atoms with Crippen LogP contribution < -0.4 is 0 Å². The van der Waals surface area contributed by atoms with Gasteiger partial charge in [0.15, 0.2) is 0 Å². The Balaban J connectivity index is 1.48. The molecular formula is C16H27. The maximum absolute atomic E-state index is 2.31. The molecule has 0 heteroatoms. The Morgan fingerprint density at radius 1 is 1.06 bits per heavy atom. The van der Waals surface area contributed by atoms with Gasteiger partial charge in [0.1, 0.15) is 0 Å². The molecule has 4 atom stereocenters. The third kappa shape index (κ3) is 1.83. The van der Waals surface area contributed by atoms with Crippen molar-refractivity contribution in [3.05, 3.63) is 5.92 Å². The van der Waals surface area contributed by atoms with E-state index >= 15 is 0 Å². The van der Waals surface area contributed by atoms with Gasteiger partial charge in [-0.15, -0.1) is 0 Å². The van der Waals surface area contributed by atoms with Gasteiger partial charge in [0.05, 0.1) is 0 Å². The third-order valence-corrected chi connectivity index (χ3v) is 5.70. The van der Waals surface area contributed by atoms with E-state index in [2.05, 4.69) is 6.92 Å². The van der Waals surface area contributed by atoms with Gasteiger partial charge in [0, 0.05) is 0 Å². The highest BCUT2D eigenvalue weighted by Crippen LogP contribution is 2.62. The number of fused-ring (bicyclic) bond motifs is 5. The molecule has 3 fully saturated rings. The third-order valence-electron chi connectivity index (χ3n) is 5.70. The van der Waals surface area contributed by atoms with Crippen LogP contribution in [0.4, 0.5) is 0 Å². The van der Waals surface area contributed by atoms with Gasteiger partial charge in [-0.1, -0.05) is 39.0 Å². The maximum atomic E-state index is 2.31. The van der Waals surface area contributed by atoms with Gasteiger partial charge in [0.25, 0.3) is 0 Å². The number of hydrogen-bond acceptors (Lipinski definition) is 0. The van der Waals surface area contributed by atoms with E-state index in [1.165, 1.54) is 44.4 Å². The molecule has 0 saturated heterocycles. The summed E-state index contributed by atoms with van der Waals surface area (Å²) >= 11 is 0. The van der Waals surface area contributed by atoms with Crippen molar-refractivity contribution in [1.82, 2.24) is 0 Å². The van der Waals surface area contributed by atoms with Crippen LogP contribution in [0.15, 0.2) is 0 Å². The summed E-state index contributed by atoms with van der Waals surface area (Å²) in [6.07, 6.45) is 15.1. The highest BCUT2D eigenvalue weighted by molar-refractivity contribution is 5.15. The van der Waals surface area contributed by atoms with E-state index in [0.29, 0.717) is 0 Å². The molecule has 0 aliphatic heterocycles. The second-order valence-corrected chi connectivity index (χ2v) is 6.53. The predicted molar refractivity (Wildman–Crippen MR) is 69.0 cm³/mol. The average Bonchev–Trinajstić information content (AvgIpc) is 2.95. The fourth-order valence-corrected chi connectivity index (χ4v) is 5.04. The number of hydrogen-bond donors (Lipinski definition) is 0. The molecule has 3 saturated carbocycles. The first-order valence-electron chi connectivity index (χ1n) is 7.74. The summed E-state index contributed by atoms with van der Waals surface area (Å²) in [5, 5.41) is 0. The molecule has 0 aromatic rings. The van der Waals surface area contributed by atoms with E-state index in [9.17, 15) is 0 Å². The van der Waals surface area contributed by atoms with Crippen LogP contribution in [0.5, 0.6) is 0 Å². The lowest BCUT2D eigenvalue weighted by molar-refractivity contribution is 0.269. The van der Waals surface area contributed by atoms with E-state index in [1.807, 2.05) is 5.92 Å². The van der Waals surface area contributed by atoms with Crippen molar-refractivity contribution in [2.75, 3.05) is 0 Å². The number of unbranched alkanes of at least 4 members (excludes halogenated alkanes) is 3. The van der Waals surface area contributed by atoms with E-state index < -0.39 is 0 Å². The summed E-state index contributed by atoms with van der Waals surface area (Å²) < 4.78 is 0. The van der Waals surface area contributed by atoms with Crippen LogP contribution in [-0.2, 0) is 0 Å².